The fraction of sp³-hybridized carbons (Fsp3) is 0.267. The van der Waals surface area contributed by atoms with Gasteiger partial charge in [0.05, 0.1) is 12.1 Å². The molecule has 2 aromatic rings. The monoisotopic (exact) mass is 293 g/mol. The SMILES string of the molecule is CC(Cc1cccc(Cl)c1)NCc1cc(C(=O)O)co1. The predicted octanol–water partition coefficient (Wildman–Crippen LogP) is 3.35. The molecule has 1 aromatic carbocycles. The number of carbonyl (C=O) groups is 1. The predicted molar refractivity (Wildman–Crippen MR) is 77.1 cm³/mol. The number of aromatic carboxylic acids is 1. The van der Waals surface area contributed by atoms with E-state index in [1.54, 1.807) is 0 Å². The van der Waals surface area contributed by atoms with Gasteiger partial charge in [-0.1, -0.05) is 23.7 Å². The number of carboxylic acids is 1. The van der Waals surface area contributed by atoms with Crippen molar-refractivity contribution in [2.45, 2.75) is 25.9 Å². The van der Waals surface area contributed by atoms with Crippen LogP contribution in [0.3, 0.4) is 0 Å². The van der Waals surface area contributed by atoms with Gasteiger partial charge in [-0.2, -0.15) is 0 Å². The fourth-order valence-electron chi connectivity index (χ4n) is 1.95. The Hall–Kier alpha value is -1.78. The third-order valence-corrected chi connectivity index (χ3v) is 3.19. The number of halogens is 1. The van der Waals surface area contributed by atoms with Gasteiger partial charge in [0.2, 0.25) is 0 Å². The summed E-state index contributed by atoms with van der Waals surface area (Å²) in [5, 5.41) is 12.8. The first-order chi connectivity index (χ1) is 9.54. The molecule has 106 valence electrons. The molecule has 20 heavy (non-hydrogen) atoms. The Balaban J connectivity index is 1.85. The number of hydrogen-bond donors (Lipinski definition) is 2. The van der Waals surface area contributed by atoms with Crippen molar-refractivity contribution in [3.8, 4) is 0 Å². The van der Waals surface area contributed by atoms with E-state index in [1.165, 1.54) is 12.3 Å². The third-order valence-electron chi connectivity index (χ3n) is 2.96. The van der Waals surface area contributed by atoms with Crippen molar-refractivity contribution in [1.29, 1.82) is 0 Å². The van der Waals surface area contributed by atoms with E-state index in [0.717, 1.165) is 17.0 Å². The first kappa shape index (κ1) is 14.6. The zero-order chi connectivity index (χ0) is 14.5. The summed E-state index contributed by atoms with van der Waals surface area (Å²) >= 11 is 5.94. The number of benzene rings is 1. The summed E-state index contributed by atoms with van der Waals surface area (Å²) in [5.74, 6) is -0.368. The molecule has 2 N–H and O–H groups in total. The Morgan fingerprint density at radius 2 is 2.25 bits per heavy atom. The van der Waals surface area contributed by atoms with E-state index in [-0.39, 0.29) is 11.6 Å². The average Bonchev–Trinajstić information content (AvgIpc) is 2.85. The molecule has 0 fully saturated rings. The van der Waals surface area contributed by atoms with Gasteiger partial charge >= 0.3 is 5.97 Å². The molecular weight excluding hydrogens is 278 g/mol. The smallest absolute Gasteiger partial charge is 0.338 e. The van der Waals surface area contributed by atoms with Crippen molar-refractivity contribution < 1.29 is 14.3 Å². The van der Waals surface area contributed by atoms with Crippen molar-refractivity contribution in [2.75, 3.05) is 0 Å². The quantitative estimate of drug-likeness (QED) is 0.857. The van der Waals surface area contributed by atoms with Crippen LogP contribution in [0.1, 0.15) is 28.6 Å². The lowest BCUT2D eigenvalue weighted by Gasteiger charge is -2.13. The standard InChI is InChI=1S/C15H16ClNO3/c1-10(5-11-3-2-4-13(16)6-11)17-8-14-7-12(9-20-14)15(18)19/h2-4,6-7,9-10,17H,5,8H2,1H3,(H,18,19). The van der Waals surface area contributed by atoms with Gasteiger partial charge in [0.25, 0.3) is 0 Å². The van der Waals surface area contributed by atoms with Crippen LogP contribution in [-0.4, -0.2) is 17.1 Å². The van der Waals surface area contributed by atoms with Gasteiger partial charge in [-0.25, -0.2) is 4.79 Å². The van der Waals surface area contributed by atoms with E-state index >= 15 is 0 Å². The van der Waals surface area contributed by atoms with Crippen LogP contribution in [0.2, 0.25) is 5.02 Å². The molecule has 0 saturated carbocycles. The summed E-state index contributed by atoms with van der Waals surface area (Å²) in [6.07, 6.45) is 2.09. The van der Waals surface area contributed by atoms with Crippen molar-refractivity contribution in [1.82, 2.24) is 5.32 Å². The van der Waals surface area contributed by atoms with Crippen LogP contribution in [0.15, 0.2) is 41.0 Å². The topological polar surface area (TPSA) is 62.5 Å². The van der Waals surface area contributed by atoms with Crippen LogP contribution in [0.25, 0.3) is 0 Å². The second-order valence-corrected chi connectivity index (χ2v) is 5.16. The molecule has 0 radical (unpaired) electrons. The summed E-state index contributed by atoms with van der Waals surface area (Å²) in [6.45, 7) is 2.55. The van der Waals surface area contributed by atoms with E-state index in [4.69, 9.17) is 21.1 Å². The van der Waals surface area contributed by atoms with Crippen LogP contribution in [0, 0.1) is 0 Å². The summed E-state index contributed by atoms with van der Waals surface area (Å²) in [6, 6.07) is 9.50. The van der Waals surface area contributed by atoms with Crippen LogP contribution in [0.4, 0.5) is 0 Å². The van der Waals surface area contributed by atoms with Crippen molar-refractivity contribution in [3.63, 3.8) is 0 Å². The first-order valence-corrected chi connectivity index (χ1v) is 6.71. The highest BCUT2D eigenvalue weighted by Crippen LogP contribution is 2.13. The highest BCUT2D eigenvalue weighted by atomic mass is 35.5. The fourth-order valence-corrected chi connectivity index (χ4v) is 2.16. The summed E-state index contributed by atoms with van der Waals surface area (Å²) in [5.41, 5.74) is 1.33. The molecule has 1 heterocycles. The van der Waals surface area contributed by atoms with Crippen molar-refractivity contribution >= 4 is 17.6 Å². The maximum atomic E-state index is 10.7. The van der Waals surface area contributed by atoms with Gasteiger partial charge < -0.3 is 14.8 Å². The second-order valence-electron chi connectivity index (χ2n) is 4.72. The Morgan fingerprint density at radius 3 is 2.90 bits per heavy atom. The Morgan fingerprint density at radius 1 is 1.45 bits per heavy atom. The van der Waals surface area contributed by atoms with Crippen LogP contribution in [-0.2, 0) is 13.0 Å². The largest absolute Gasteiger partial charge is 0.478 e. The van der Waals surface area contributed by atoms with E-state index < -0.39 is 5.97 Å². The molecule has 0 aliphatic heterocycles. The molecule has 5 heteroatoms. The third kappa shape index (κ3) is 4.11. The van der Waals surface area contributed by atoms with Gasteiger partial charge in [-0.05, 0) is 37.1 Å². The molecule has 0 aliphatic carbocycles. The molecule has 2 rings (SSSR count). The molecule has 1 aromatic heterocycles. The molecular formula is C15H16ClNO3. The summed E-state index contributed by atoms with van der Waals surface area (Å²) in [4.78, 5) is 10.7. The van der Waals surface area contributed by atoms with Crippen molar-refractivity contribution in [2.24, 2.45) is 0 Å². The molecule has 1 unspecified atom stereocenters. The zero-order valence-corrected chi connectivity index (χ0v) is 11.9. The van der Waals surface area contributed by atoms with Crippen LogP contribution in [0.5, 0.6) is 0 Å². The molecule has 4 nitrogen and oxygen atoms in total. The lowest BCUT2D eigenvalue weighted by Crippen LogP contribution is -2.27. The maximum absolute atomic E-state index is 10.7. The number of hydrogen-bond acceptors (Lipinski definition) is 3. The normalized spacial score (nSPS) is 12.3. The minimum atomic E-state index is -0.980. The van der Waals surface area contributed by atoms with Crippen LogP contribution < -0.4 is 5.32 Å². The van der Waals surface area contributed by atoms with Crippen molar-refractivity contribution in [3.05, 3.63) is 58.5 Å². The lowest BCUT2D eigenvalue weighted by atomic mass is 10.1. The Kier molecular flexibility index (Phi) is 4.82. The Labute approximate surface area is 122 Å². The van der Waals surface area contributed by atoms with Crippen LogP contribution >= 0.6 is 11.6 Å². The van der Waals surface area contributed by atoms with E-state index in [2.05, 4.69) is 12.2 Å². The highest BCUT2D eigenvalue weighted by Gasteiger charge is 2.09. The van der Waals surface area contributed by atoms with Gasteiger partial charge in [0.1, 0.15) is 12.0 Å². The van der Waals surface area contributed by atoms with Gasteiger partial charge in [-0.15, -0.1) is 0 Å². The van der Waals surface area contributed by atoms with Gasteiger partial charge in [0.15, 0.2) is 0 Å². The maximum Gasteiger partial charge on any atom is 0.338 e. The minimum absolute atomic E-state index is 0.171. The number of furan rings is 1. The van der Waals surface area contributed by atoms with E-state index in [0.29, 0.717) is 12.3 Å². The molecule has 0 spiro atoms. The first-order valence-electron chi connectivity index (χ1n) is 6.33. The minimum Gasteiger partial charge on any atom is -0.478 e. The molecule has 0 bridgehead atoms. The number of rotatable bonds is 6. The van der Waals surface area contributed by atoms with E-state index in [1.807, 2.05) is 24.3 Å². The van der Waals surface area contributed by atoms with Gasteiger partial charge in [0, 0.05) is 11.1 Å². The zero-order valence-electron chi connectivity index (χ0n) is 11.1. The van der Waals surface area contributed by atoms with E-state index in [9.17, 15) is 4.79 Å². The Bertz CT molecular complexity index is 594. The number of nitrogens with one attached hydrogen (secondary N) is 1. The number of carboxylic acid groups (broad SMARTS) is 1. The highest BCUT2D eigenvalue weighted by molar-refractivity contribution is 6.30. The van der Waals surface area contributed by atoms with Gasteiger partial charge in [-0.3, -0.25) is 0 Å². The molecule has 0 saturated heterocycles. The lowest BCUT2D eigenvalue weighted by molar-refractivity contribution is 0.0696. The summed E-state index contributed by atoms with van der Waals surface area (Å²) in [7, 11) is 0. The molecule has 0 amide bonds. The molecule has 0 aliphatic rings. The molecule has 1 atom stereocenters. The second kappa shape index (κ2) is 6.59. The average molecular weight is 294 g/mol. The summed E-state index contributed by atoms with van der Waals surface area (Å²) < 4.78 is 5.18.